The minimum atomic E-state index is -0.354. The molecule has 0 bridgehead atoms. The molecule has 0 aromatic heterocycles. The van der Waals surface area contributed by atoms with Crippen molar-refractivity contribution in [3.63, 3.8) is 0 Å². The van der Waals surface area contributed by atoms with Gasteiger partial charge >= 0.3 is 6.09 Å². The van der Waals surface area contributed by atoms with E-state index in [9.17, 15) is 4.79 Å². The normalized spacial score (nSPS) is 23.4. The van der Waals surface area contributed by atoms with Crippen LogP contribution in [-0.2, 0) is 11.3 Å². The summed E-state index contributed by atoms with van der Waals surface area (Å²) in [6, 6.07) is 10.0. The molecule has 1 aliphatic carbocycles. The van der Waals surface area contributed by atoms with Gasteiger partial charge in [0, 0.05) is 12.1 Å². The van der Waals surface area contributed by atoms with Crippen molar-refractivity contribution in [2.24, 2.45) is 5.73 Å². The van der Waals surface area contributed by atoms with Crippen molar-refractivity contribution in [3.05, 3.63) is 35.9 Å². The minimum Gasteiger partial charge on any atom is -0.445 e. The van der Waals surface area contributed by atoms with Gasteiger partial charge in [-0.3, -0.25) is 0 Å². The van der Waals surface area contributed by atoms with Crippen molar-refractivity contribution >= 4 is 6.09 Å². The van der Waals surface area contributed by atoms with Crippen molar-refractivity contribution in [1.29, 1.82) is 0 Å². The van der Waals surface area contributed by atoms with E-state index in [0.717, 1.165) is 24.8 Å². The van der Waals surface area contributed by atoms with Crippen molar-refractivity contribution in [3.8, 4) is 0 Å². The fourth-order valence-corrected chi connectivity index (χ4v) is 2.08. The summed E-state index contributed by atoms with van der Waals surface area (Å²) in [6.07, 6.45) is 2.42. The van der Waals surface area contributed by atoms with Crippen molar-refractivity contribution in [2.45, 2.75) is 38.0 Å². The summed E-state index contributed by atoms with van der Waals surface area (Å²) in [4.78, 5) is 11.5. The van der Waals surface area contributed by atoms with E-state index in [2.05, 4.69) is 5.32 Å². The Hall–Kier alpha value is -1.55. The molecule has 1 aromatic rings. The molecule has 0 heterocycles. The van der Waals surface area contributed by atoms with Gasteiger partial charge in [0.15, 0.2) is 0 Å². The maximum Gasteiger partial charge on any atom is 0.407 e. The number of nitrogens with two attached hydrogens (primary N) is 1. The fourth-order valence-electron chi connectivity index (χ4n) is 2.08. The van der Waals surface area contributed by atoms with Gasteiger partial charge in [-0.25, -0.2) is 4.79 Å². The zero-order valence-electron chi connectivity index (χ0n) is 9.76. The summed E-state index contributed by atoms with van der Waals surface area (Å²) in [5.41, 5.74) is 6.77. The monoisotopic (exact) mass is 234 g/mol. The molecule has 4 heteroatoms. The van der Waals surface area contributed by atoms with Crippen LogP contribution in [0.5, 0.6) is 0 Å². The number of ether oxygens (including phenoxy) is 1. The third-order valence-electron chi connectivity index (χ3n) is 3.01. The molecule has 2 atom stereocenters. The molecule has 4 nitrogen and oxygen atoms in total. The van der Waals surface area contributed by atoms with Gasteiger partial charge in [-0.15, -0.1) is 0 Å². The number of rotatable bonds is 3. The molecule has 0 saturated heterocycles. The van der Waals surface area contributed by atoms with Crippen LogP contribution in [0.3, 0.4) is 0 Å². The molecule has 1 saturated carbocycles. The summed E-state index contributed by atoms with van der Waals surface area (Å²) in [7, 11) is 0. The minimum absolute atomic E-state index is 0.174. The van der Waals surface area contributed by atoms with Gasteiger partial charge < -0.3 is 15.8 Å². The molecule has 3 N–H and O–H groups in total. The third kappa shape index (κ3) is 3.75. The molecule has 1 amide bonds. The topological polar surface area (TPSA) is 64.3 Å². The Kier molecular flexibility index (Phi) is 3.98. The summed E-state index contributed by atoms with van der Waals surface area (Å²) in [5, 5.41) is 2.84. The smallest absolute Gasteiger partial charge is 0.407 e. The van der Waals surface area contributed by atoms with Crippen LogP contribution in [0.15, 0.2) is 30.3 Å². The average Bonchev–Trinajstić information content (AvgIpc) is 2.73. The average molecular weight is 234 g/mol. The second-order valence-corrected chi connectivity index (χ2v) is 4.48. The van der Waals surface area contributed by atoms with Crippen LogP contribution < -0.4 is 11.1 Å². The molecule has 0 spiro atoms. The second-order valence-electron chi connectivity index (χ2n) is 4.48. The number of amides is 1. The highest BCUT2D eigenvalue weighted by Crippen LogP contribution is 2.17. The van der Waals surface area contributed by atoms with Gasteiger partial charge in [-0.2, -0.15) is 0 Å². The molecular formula is C13H18N2O2. The highest BCUT2D eigenvalue weighted by Gasteiger charge is 2.23. The lowest BCUT2D eigenvalue weighted by Crippen LogP contribution is -2.34. The maximum absolute atomic E-state index is 11.5. The van der Waals surface area contributed by atoms with Crippen molar-refractivity contribution in [2.75, 3.05) is 0 Å². The number of benzene rings is 1. The molecule has 1 aliphatic rings. The molecule has 0 radical (unpaired) electrons. The third-order valence-corrected chi connectivity index (χ3v) is 3.01. The van der Waals surface area contributed by atoms with Gasteiger partial charge in [0.1, 0.15) is 6.61 Å². The Balaban J connectivity index is 1.71. The molecular weight excluding hydrogens is 216 g/mol. The van der Waals surface area contributed by atoms with Gasteiger partial charge in [0.2, 0.25) is 0 Å². The van der Waals surface area contributed by atoms with Crippen LogP contribution >= 0.6 is 0 Å². The van der Waals surface area contributed by atoms with Crippen LogP contribution in [0, 0.1) is 0 Å². The zero-order valence-corrected chi connectivity index (χ0v) is 9.76. The number of nitrogens with one attached hydrogen (secondary N) is 1. The van der Waals surface area contributed by atoms with Crippen LogP contribution in [0.25, 0.3) is 0 Å². The first-order chi connectivity index (χ1) is 8.24. The molecule has 0 aliphatic heterocycles. The number of carbonyl (C=O) groups excluding carboxylic acids is 1. The number of hydrogen-bond acceptors (Lipinski definition) is 3. The van der Waals surface area contributed by atoms with Gasteiger partial charge in [-0.05, 0) is 24.8 Å². The van der Waals surface area contributed by atoms with E-state index in [-0.39, 0.29) is 18.2 Å². The highest BCUT2D eigenvalue weighted by atomic mass is 16.5. The molecule has 1 aromatic carbocycles. The Labute approximate surface area is 101 Å². The predicted molar refractivity (Wildman–Crippen MR) is 65.4 cm³/mol. The zero-order chi connectivity index (χ0) is 12.1. The molecule has 1 fully saturated rings. The first-order valence-electron chi connectivity index (χ1n) is 5.97. The lowest BCUT2D eigenvalue weighted by atomic mass is 10.2. The summed E-state index contributed by atoms with van der Waals surface area (Å²) in [5.74, 6) is 0. The van der Waals surface area contributed by atoms with E-state index in [1.807, 2.05) is 30.3 Å². The predicted octanol–water partition coefficient (Wildman–Crippen LogP) is 1.79. The van der Waals surface area contributed by atoms with E-state index >= 15 is 0 Å². The van der Waals surface area contributed by atoms with Crippen molar-refractivity contribution < 1.29 is 9.53 Å². The standard InChI is InChI=1S/C13H18N2O2/c14-11-6-7-12(8-11)15-13(16)17-9-10-4-2-1-3-5-10/h1-5,11-12H,6-9,14H2,(H,15,16)/t11-,12+/m1/s1. The quantitative estimate of drug-likeness (QED) is 0.838. The lowest BCUT2D eigenvalue weighted by Gasteiger charge is -2.12. The van der Waals surface area contributed by atoms with Gasteiger partial charge in [0.05, 0.1) is 0 Å². The first kappa shape index (κ1) is 11.9. The summed E-state index contributed by atoms with van der Waals surface area (Å²) >= 11 is 0. The first-order valence-corrected chi connectivity index (χ1v) is 5.97. The van der Waals surface area contributed by atoms with Gasteiger partial charge in [-0.1, -0.05) is 30.3 Å². The number of alkyl carbamates (subject to hydrolysis) is 1. The maximum atomic E-state index is 11.5. The summed E-state index contributed by atoms with van der Waals surface area (Å²) in [6.45, 7) is 0.311. The van der Waals surface area contributed by atoms with E-state index in [4.69, 9.17) is 10.5 Å². The SMILES string of the molecule is N[C@@H]1CC[C@H](NC(=O)OCc2ccccc2)C1. The van der Waals surface area contributed by atoms with E-state index in [0.29, 0.717) is 6.61 Å². The molecule has 0 unspecified atom stereocenters. The lowest BCUT2D eigenvalue weighted by molar-refractivity contribution is 0.136. The van der Waals surface area contributed by atoms with Crippen LogP contribution in [0.2, 0.25) is 0 Å². The molecule has 17 heavy (non-hydrogen) atoms. The van der Waals surface area contributed by atoms with Crippen LogP contribution in [-0.4, -0.2) is 18.2 Å². The largest absolute Gasteiger partial charge is 0.445 e. The van der Waals surface area contributed by atoms with Crippen LogP contribution in [0.4, 0.5) is 4.79 Å². The second kappa shape index (κ2) is 5.68. The van der Waals surface area contributed by atoms with Crippen molar-refractivity contribution in [1.82, 2.24) is 5.32 Å². The Morgan fingerprint density at radius 1 is 1.35 bits per heavy atom. The highest BCUT2D eigenvalue weighted by molar-refractivity contribution is 5.67. The van der Waals surface area contributed by atoms with E-state index in [1.54, 1.807) is 0 Å². The fraction of sp³-hybridized carbons (Fsp3) is 0.462. The number of carbonyl (C=O) groups is 1. The van der Waals surface area contributed by atoms with E-state index < -0.39 is 0 Å². The number of hydrogen-bond donors (Lipinski definition) is 2. The Bertz CT molecular complexity index is 367. The summed E-state index contributed by atoms with van der Waals surface area (Å²) < 4.78 is 5.13. The van der Waals surface area contributed by atoms with Gasteiger partial charge in [0.25, 0.3) is 0 Å². The Morgan fingerprint density at radius 3 is 2.76 bits per heavy atom. The Morgan fingerprint density at radius 2 is 2.12 bits per heavy atom. The molecule has 92 valence electrons. The molecule has 2 rings (SSSR count). The van der Waals surface area contributed by atoms with E-state index in [1.165, 1.54) is 0 Å². The van der Waals surface area contributed by atoms with Crippen LogP contribution in [0.1, 0.15) is 24.8 Å².